The molecule has 0 spiro atoms. The van der Waals surface area contributed by atoms with Gasteiger partial charge >= 0.3 is 0 Å². The predicted molar refractivity (Wildman–Crippen MR) is 63.9 cm³/mol. The van der Waals surface area contributed by atoms with Crippen molar-refractivity contribution in [1.82, 2.24) is 0 Å². The maximum atomic E-state index is 4.14. The van der Waals surface area contributed by atoms with Gasteiger partial charge in [0, 0.05) is 0 Å². The summed E-state index contributed by atoms with van der Waals surface area (Å²) in [7, 11) is 1.26. The average molecular weight is 184 g/mol. The number of rotatable bonds is 3. The van der Waals surface area contributed by atoms with Gasteiger partial charge < -0.3 is 0 Å². The first-order valence-corrected chi connectivity index (χ1v) is 6.84. The number of hydrogen-bond acceptors (Lipinski definition) is 0. The SMILES string of the molecule is C=C(BC(C)C(C)(C)C)P(C)C. The van der Waals surface area contributed by atoms with Gasteiger partial charge in [0.2, 0.25) is 0 Å². The molecule has 12 heavy (non-hydrogen) atoms. The van der Waals surface area contributed by atoms with E-state index >= 15 is 0 Å². The molecule has 0 saturated heterocycles. The van der Waals surface area contributed by atoms with Crippen LogP contribution in [0.4, 0.5) is 0 Å². The first-order chi connectivity index (χ1) is 5.25. The molecule has 0 amide bonds. The van der Waals surface area contributed by atoms with E-state index in [4.69, 9.17) is 0 Å². The van der Waals surface area contributed by atoms with E-state index in [0.29, 0.717) is 5.41 Å². The minimum Gasteiger partial charge on any atom is -0.105 e. The third-order valence-corrected chi connectivity index (χ3v) is 4.10. The van der Waals surface area contributed by atoms with Crippen molar-refractivity contribution in [1.29, 1.82) is 0 Å². The van der Waals surface area contributed by atoms with Crippen LogP contribution in [0.2, 0.25) is 5.82 Å². The Morgan fingerprint density at radius 2 is 1.75 bits per heavy atom. The van der Waals surface area contributed by atoms with Crippen LogP contribution >= 0.6 is 7.92 Å². The van der Waals surface area contributed by atoms with Gasteiger partial charge in [-0.15, -0.1) is 6.58 Å². The lowest BCUT2D eigenvalue weighted by Gasteiger charge is -2.28. The Kier molecular flexibility index (Phi) is 4.55. The highest BCUT2D eigenvalue weighted by molar-refractivity contribution is 7.63. The standard InChI is InChI=1S/C10H22BP/c1-8(10(3,4)5)11-9(2)12(6)7/h8,11H,2H2,1,3-7H3. The van der Waals surface area contributed by atoms with Gasteiger partial charge in [-0.1, -0.05) is 46.6 Å². The monoisotopic (exact) mass is 184 g/mol. The molecule has 0 aromatic carbocycles. The van der Waals surface area contributed by atoms with Crippen LogP contribution in [0.5, 0.6) is 0 Å². The summed E-state index contributed by atoms with van der Waals surface area (Å²) < 4.78 is 0. The summed E-state index contributed by atoms with van der Waals surface area (Å²) in [5.74, 6) is 0.745. The second kappa shape index (κ2) is 4.47. The third-order valence-electron chi connectivity index (χ3n) is 2.65. The molecule has 0 fully saturated rings. The van der Waals surface area contributed by atoms with Gasteiger partial charge in [0.15, 0.2) is 7.28 Å². The summed E-state index contributed by atoms with van der Waals surface area (Å²) in [6.07, 6.45) is 0. The molecule has 0 rings (SSSR count). The smallest absolute Gasteiger partial charge is 0.105 e. The van der Waals surface area contributed by atoms with Crippen molar-refractivity contribution in [2.75, 3.05) is 13.3 Å². The first-order valence-electron chi connectivity index (χ1n) is 4.60. The molecule has 0 bridgehead atoms. The maximum absolute atomic E-state index is 4.14. The molecular formula is C10H22BP. The van der Waals surface area contributed by atoms with E-state index in [1.807, 2.05) is 0 Å². The summed E-state index contributed by atoms with van der Waals surface area (Å²) in [6, 6.07) is 0. The van der Waals surface area contributed by atoms with Crippen LogP contribution in [-0.4, -0.2) is 20.6 Å². The summed E-state index contributed by atoms with van der Waals surface area (Å²) in [5, 5.41) is 1.45. The highest BCUT2D eigenvalue weighted by Crippen LogP contribution is 2.39. The Morgan fingerprint density at radius 3 is 2.00 bits per heavy atom. The lowest BCUT2D eigenvalue weighted by molar-refractivity contribution is 0.396. The topological polar surface area (TPSA) is 0 Å². The van der Waals surface area contributed by atoms with Crippen LogP contribution in [0.15, 0.2) is 11.8 Å². The van der Waals surface area contributed by atoms with Crippen molar-refractivity contribution in [3.63, 3.8) is 0 Å². The minimum absolute atomic E-state index is 0.0642. The Balaban J connectivity index is 4.02. The Labute approximate surface area is 79.8 Å². The quantitative estimate of drug-likeness (QED) is 0.465. The normalized spacial score (nSPS) is 14.6. The molecule has 2 heteroatoms. The maximum Gasteiger partial charge on any atom is 0.160 e. The molecule has 1 atom stereocenters. The summed E-state index contributed by atoms with van der Waals surface area (Å²) in [4.78, 5) is 0. The molecule has 0 aliphatic carbocycles. The predicted octanol–water partition coefficient (Wildman–Crippen LogP) is 3.49. The molecule has 0 saturated carbocycles. The Bertz CT molecular complexity index is 156. The zero-order chi connectivity index (χ0) is 9.94. The summed E-state index contributed by atoms with van der Waals surface area (Å²) in [5.41, 5.74) is 0.425. The van der Waals surface area contributed by atoms with Crippen molar-refractivity contribution in [3.8, 4) is 0 Å². The Hall–Kier alpha value is 0.235. The zero-order valence-corrected chi connectivity index (χ0v) is 10.3. The van der Waals surface area contributed by atoms with Crippen molar-refractivity contribution in [3.05, 3.63) is 11.8 Å². The summed E-state index contributed by atoms with van der Waals surface area (Å²) in [6.45, 7) is 17.9. The van der Waals surface area contributed by atoms with Crippen molar-refractivity contribution >= 4 is 15.2 Å². The van der Waals surface area contributed by atoms with Crippen LogP contribution < -0.4 is 0 Å². The second-order valence-corrected chi connectivity index (χ2v) is 7.35. The molecular weight excluding hydrogens is 162 g/mol. The molecule has 0 aliphatic rings. The summed E-state index contributed by atoms with van der Waals surface area (Å²) >= 11 is 0. The van der Waals surface area contributed by atoms with Crippen molar-refractivity contribution in [2.45, 2.75) is 33.5 Å². The molecule has 0 aromatic rings. The molecule has 0 aliphatic heterocycles. The molecule has 0 aromatic heterocycles. The molecule has 70 valence electrons. The van der Waals surface area contributed by atoms with Gasteiger partial charge in [0.1, 0.15) is 0 Å². The van der Waals surface area contributed by atoms with Crippen LogP contribution in [0.3, 0.4) is 0 Å². The van der Waals surface area contributed by atoms with Gasteiger partial charge in [0.05, 0.1) is 0 Å². The minimum atomic E-state index is 0.0642. The van der Waals surface area contributed by atoms with E-state index in [2.05, 4.69) is 47.6 Å². The van der Waals surface area contributed by atoms with Crippen LogP contribution in [0.25, 0.3) is 0 Å². The fourth-order valence-corrected chi connectivity index (χ4v) is 1.48. The van der Waals surface area contributed by atoms with E-state index < -0.39 is 0 Å². The largest absolute Gasteiger partial charge is 0.160 e. The zero-order valence-electron chi connectivity index (χ0n) is 9.44. The van der Waals surface area contributed by atoms with Crippen molar-refractivity contribution in [2.24, 2.45) is 5.41 Å². The molecule has 0 N–H and O–H groups in total. The van der Waals surface area contributed by atoms with E-state index in [9.17, 15) is 0 Å². The average Bonchev–Trinajstić information content (AvgIpc) is 1.85. The first kappa shape index (κ1) is 12.2. The van der Waals surface area contributed by atoms with Gasteiger partial charge in [-0.3, -0.25) is 0 Å². The van der Waals surface area contributed by atoms with E-state index in [0.717, 1.165) is 5.82 Å². The van der Waals surface area contributed by atoms with Gasteiger partial charge in [-0.05, 0) is 18.7 Å². The molecule has 0 nitrogen and oxygen atoms in total. The van der Waals surface area contributed by atoms with Crippen LogP contribution in [0.1, 0.15) is 27.7 Å². The van der Waals surface area contributed by atoms with Crippen LogP contribution in [-0.2, 0) is 0 Å². The molecule has 1 unspecified atom stereocenters. The van der Waals surface area contributed by atoms with E-state index in [1.165, 1.54) is 12.5 Å². The van der Waals surface area contributed by atoms with Gasteiger partial charge in [0.25, 0.3) is 0 Å². The van der Waals surface area contributed by atoms with Crippen molar-refractivity contribution < 1.29 is 0 Å². The number of hydrogen-bond donors (Lipinski definition) is 0. The molecule has 0 heterocycles. The lowest BCUT2D eigenvalue weighted by Crippen LogP contribution is -2.18. The third kappa shape index (κ3) is 4.31. The highest BCUT2D eigenvalue weighted by atomic mass is 31.1. The molecule has 0 radical (unpaired) electrons. The van der Waals surface area contributed by atoms with E-state index in [-0.39, 0.29) is 7.92 Å². The lowest BCUT2D eigenvalue weighted by atomic mass is 9.55. The fraction of sp³-hybridized carbons (Fsp3) is 0.800. The Morgan fingerprint density at radius 1 is 1.33 bits per heavy atom. The highest BCUT2D eigenvalue weighted by Gasteiger charge is 2.22. The van der Waals surface area contributed by atoms with Gasteiger partial charge in [-0.2, -0.15) is 0 Å². The van der Waals surface area contributed by atoms with E-state index in [1.54, 1.807) is 0 Å². The fourth-order valence-electron chi connectivity index (χ4n) is 0.842. The second-order valence-electron chi connectivity index (χ2n) is 4.93. The van der Waals surface area contributed by atoms with Gasteiger partial charge in [-0.25, -0.2) is 0 Å². The van der Waals surface area contributed by atoms with Crippen LogP contribution in [0, 0.1) is 5.41 Å².